The maximum Gasteiger partial charge on any atom is 0.254 e. The first kappa shape index (κ1) is 15.2. The minimum Gasteiger partial charge on any atom is -0.382 e. The van der Waals surface area contributed by atoms with E-state index in [9.17, 15) is 9.59 Å². The second kappa shape index (κ2) is 6.97. The van der Waals surface area contributed by atoms with Gasteiger partial charge in [-0.1, -0.05) is 13.0 Å². The Balaban J connectivity index is 2.05. The van der Waals surface area contributed by atoms with Gasteiger partial charge in [-0.2, -0.15) is 0 Å². The van der Waals surface area contributed by atoms with E-state index < -0.39 is 6.04 Å². The number of carbonyl (C=O) groups excluding carboxylic acids is 2. The normalized spacial score (nSPS) is 14.2. The Morgan fingerprint density at radius 1 is 1.29 bits per heavy atom. The maximum absolute atomic E-state index is 12.3. The molecule has 0 saturated heterocycles. The molecule has 1 unspecified atom stereocenters. The number of anilines is 2. The third kappa shape index (κ3) is 3.65. The Morgan fingerprint density at radius 2 is 2.05 bits per heavy atom. The van der Waals surface area contributed by atoms with Gasteiger partial charge in [0.15, 0.2) is 0 Å². The number of benzene rings is 1. The van der Waals surface area contributed by atoms with Crippen molar-refractivity contribution < 1.29 is 9.59 Å². The summed E-state index contributed by atoms with van der Waals surface area (Å²) in [6, 6.07) is 4.95. The van der Waals surface area contributed by atoms with Crippen LogP contribution < -0.4 is 21.3 Å². The Labute approximate surface area is 124 Å². The van der Waals surface area contributed by atoms with Crippen LogP contribution in [0, 0.1) is 0 Å². The zero-order valence-corrected chi connectivity index (χ0v) is 12.5. The van der Waals surface area contributed by atoms with Crippen LogP contribution >= 0.6 is 0 Å². The van der Waals surface area contributed by atoms with Gasteiger partial charge in [0.05, 0.1) is 16.9 Å². The van der Waals surface area contributed by atoms with Crippen molar-refractivity contribution in [1.29, 1.82) is 0 Å². The van der Waals surface area contributed by atoms with Gasteiger partial charge >= 0.3 is 0 Å². The van der Waals surface area contributed by atoms with Crippen LogP contribution in [0.4, 0.5) is 11.4 Å². The number of nitrogens with one attached hydrogen (secondary N) is 4. The molecule has 114 valence electrons. The van der Waals surface area contributed by atoms with Gasteiger partial charge < -0.3 is 21.3 Å². The molecule has 2 amide bonds. The molecule has 0 aliphatic carbocycles. The first-order valence-corrected chi connectivity index (χ1v) is 7.32. The fourth-order valence-corrected chi connectivity index (χ4v) is 2.21. The highest BCUT2D eigenvalue weighted by Crippen LogP contribution is 2.28. The van der Waals surface area contributed by atoms with Gasteiger partial charge in [0.1, 0.15) is 6.04 Å². The molecule has 6 heteroatoms. The van der Waals surface area contributed by atoms with Crippen LogP contribution in [0.15, 0.2) is 18.2 Å². The minimum atomic E-state index is -0.559. The van der Waals surface area contributed by atoms with E-state index in [1.165, 1.54) is 0 Å². The standard InChI is InChI=1S/C15H22N4O2/c1-3-7-18-14(20)10(2)19-15(21)11-5-4-6-12-13(11)17-9-8-16-12/h4-6,10,16-17H,3,7-9H2,1-2H3,(H,18,20)(H,19,21). The predicted molar refractivity (Wildman–Crippen MR) is 83.7 cm³/mol. The van der Waals surface area contributed by atoms with E-state index in [-0.39, 0.29) is 11.8 Å². The molecule has 4 N–H and O–H groups in total. The molecule has 0 aromatic heterocycles. The highest BCUT2D eigenvalue weighted by atomic mass is 16.2. The van der Waals surface area contributed by atoms with Crippen LogP contribution in [0.1, 0.15) is 30.6 Å². The van der Waals surface area contributed by atoms with Crippen molar-refractivity contribution in [1.82, 2.24) is 10.6 Å². The van der Waals surface area contributed by atoms with Crippen LogP contribution in [-0.2, 0) is 4.79 Å². The number of fused-ring (bicyclic) bond motifs is 1. The molecule has 1 aliphatic rings. The molecule has 0 spiro atoms. The van der Waals surface area contributed by atoms with E-state index >= 15 is 0 Å². The zero-order chi connectivity index (χ0) is 15.2. The van der Waals surface area contributed by atoms with Gasteiger partial charge in [0.2, 0.25) is 5.91 Å². The van der Waals surface area contributed by atoms with Crippen molar-refractivity contribution in [3.8, 4) is 0 Å². The van der Waals surface area contributed by atoms with Crippen molar-refractivity contribution in [2.45, 2.75) is 26.3 Å². The van der Waals surface area contributed by atoms with E-state index in [4.69, 9.17) is 0 Å². The summed E-state index contributed by atoms with van der Waals surface area (Å²) in [5.74, 6) is -0.414. The van der Waals surface area contributed by atoms with Crippen LogP contribution in [-0.4, -0.2) is 37.5 Å². The number of para-hydroxylation sites is 1. The smallest absolute Gasteiger partial charge is 0.254 e. The fourth-order valence-electron chi connectivity index (χ4n) is 2.21. The summed E-state index contributed by atoms with van der Waals surface area (Å²) in [6.07, 6.45) is 0.869. The SMILES string of the molecule is CCCNC(=O)C(C)NC(=O)c1cccc2c1NCCN2. The number of hydrogen-bond acceptors (Lipinski definition) is 4. The molecule has 1 heterocycles. The molecule has 1 aromatic carbocycles. The third-order valence-electron chi connectivity index (χ3n) is 3.34. The molecular weight excluding hydrogens is 268 g/mol. The molecule has 0 saturated carbocycles. The van der Waals surface area contributed by atoms with Crippen LogP contribution in [0.25, 0.3) is 0 Å². The number of rotatable bonds is 5. The van der Waals surface area contributed by atoms with Gasteiger partial charge in [0.25, 0.3) is 5.91 Å². The van der Waals surface area contributed by atoms with Gasteiger partial charge in [0, 0.05) is 19.6 Å². The Bertz CT molecular complexity index is 530. The summed E-state index contributed by atoms with van der Waals surface area (Å²) < 4.78 is 0. The first-order chi connectivity index (χ1) is 10.1. The molecule has 1 atom stereocenters. The summed E-state index contributed by atoms with van der Waals surface area (Å²) in [5.41, 5.74) is 2.26. The summed E-state index contributed by atoms with van der Waals surface area (Å²) in [7, 11) is 0. The molecule has 1 aromatic rings. The van der Waals surface area contributed by atoms with Crippen LogP contribution in [0.5, 0.6) is 0 Å². The summed E-state index contributed by atoms with van der Waals surface area (Å²) in [4.78, 5) is 24.2. The Hall–Kier alpha value is -2.24. The Kier molecular flexibility index (Phi) is 5.03. The summed E-state index contributed by atoms with van der Waals surface area (Å²) in [6.45, 7) is 5.88. The van der Waals surface area contributed by atoms with Crippen molar-refractivity contribution in [2.75, 3.05) is 30.3 Å². The van der Waals surface area contributed by atoms with E-state index in [1.54, 1.807) is 13.0 Å². The quantitative estimate of drug-likeness (QED) is 0.656. The minimum absolute atomic E-state index is 0.166. The lowest BCUT2D eigenvalue weighted by Gasteiger charge is -2.23. The van der Waals surface area contributed by atoms with Crippen LogP contribution in [0.3, 0.4) is 0 Å². The second-order valence-corrected chi connectivity index (χ2v) is 5.07. The lowest BCUT2D eigenvalue weighted by molar-refractivity contribution is -0.122. The highest BCUT2D eigenvalue weighted by molar-refractivity contribution is 6.04. The molecule has 21 heavy (non-hydrogen) atoms. The number of hydrogen-bond donors (Lipinski definition) is 4. The van der Waals surface area contributed by atoms with E-state index in [0.29, 0.717) is 12.1 Å². The predicted octanol–water partition coefficient (Wildman–Crippen LogP) is 1.17. The highest BCUT2D eigenvalue weighted by Gasteiger charge is 2.20. The van der Waals surface area contributed by atoms with Crippen molar-refractivity contribution in [3.05, 3.63) is 23.8 Å². The monoisotopic (exact) mass is 290 g/mol. The maximum atomic E-state index is 12.3. The van der Waals surface area contributed by atoms with E-state index in [2.05, 4.69) is 21.3 Å². The average molecular weight is 290 g/mol. The lowest BCUT2D eigenvalue weighted by Crippen LogP contribution is -2.45. The molecular formula is C15H22N4O2. The van der Waals surface area contributed by atoms with E-state index in [1.807, 2.05) is 19.1 Å². The number of amides is 2. The largest absolute Gasteiger partial charge is 0.382 e. The fraction of sp³-hybridized carbons (Fsp3) is 0.467. The molecule has 0 radical (unpaired) electrons. The third-order valence-corrected chi connectivity index (χ3v) is 3.34. The molecule has 6 nitrogen and oxygen atoms in total. The molecule has 1 aliphatic heterocycles. The van der Waals surface area contributed by atoms with Gasteiger partial charge in [-0.15, -0.1) is 0 Å². The topological polar surface area (TPSA) is 82.3 Å². The van der Waals surface area contributed by atoms with Crippen molar-refractivity contribution in [3.63, 3.8) is 0 Å². The van der Waals surface area contributed by atoms with Crippen LogP contribution in [0.2, 0.25) is 0 Å². The Morgan fingerprint density at radius 3 is 2.81 bits per heavy atom. The van der Waals surface area contributed by atoms with Crippen molar-refractivity contribution >= 4 is 23.2 Å². The summed E-state index contributed by atoms with van der Waals surface area (Å²) in [5, 5.41) is 12.0. The summed E-state index contributed by atoms with van der Waals surface area (Å²) >= 11 is 0. The van der Waals surface area contributed by atoms with Crippen molar-refractivity contribution in [2.24, 2.45) is 0 Å². The van der Waals surface area contributed by atoms with Gasteiger partial charge in [-0.3, -0.25) is 9.59 Å². The number of carbonyl (C=O) groups is 2. The van der Waals surface area contributed by atoms with Gasteiger partial charge in [-0.05, 0) is 25.5 Å². The zero-order valence-electron chi connectivity index (χ0n) is 12.5. The average Bonchev–Trinajstić information content (AvgIpc) is 2.51. The van der Waals surface area contributed by atoms with E-state index in [0.717, 1.165) is 30.9 Å². The first-order valence-electron chi connectivity index (χ1n) is 7.32. The lowest BCUT2D eigenvalue weighted by atomic mass is 10.1. The molecule has 0 bridgehead atoms. The second-order valence-electron chi connectivity index (χ2n) is 5.07. The van der Waals surface area contributed by atoms with Gasteiger partial charge in [-0.25, -0.2) is 0 Å². The molecule has 0 fully saturated rings. The molecule has 2 rings (SSSR count).